The van der Waals surface area contributed by atoms with Crippen LogP contribution in [0.15, 0.2) is 83.1 Å². The Kier molecular flexibility index (Phi) is 6.25. The maximum Gasteiger partial charge on any atom is 0.191 e. The number of aromatic nitrogens is 5. The minimum Gasteiger partial charge on any atom is -0.259 e. The molecule has 5 aromatic rings. The fourth-order valence-corrected chi connectivity index (χ4v) is 4.18. The van der Waals surface area contributed by atoms with Gasteiger partial charge in [0.1, 0.15) is 0 Å². The molecule has 7 nitrogen and oxygen atoms in total. The number of nitrogens with one attached hydrogen (secondary N) is 1. The van der Waals surface area contributed by atoms with Crippen molar-refractivity contribution in [3.8, 4) is 0 Å². The molecule has 0 saturated carbocycles. The fourth-order valence-electron chi connectivity index (χ4n) is 3.49. The molecule has 2 aromatic heterocycles. The number of hydrazone groups is 1. The topological polar surface area (TPSA) is 80.9 Å². The highest BCUT2D eigenvalue weighted by Gasteiger charge is 2.15. The molecule has 0 unspecified atom stereocenters. The first-order valence-electron chi connectivity index (χ1n) is 10.9. The van der Waals surface area contributed by atoms with Gasteiger partial charge in [0.25, 0.3) is 0 Å². The Hall–Kier alpha value is -3.78. The summed E-state index contributed by atoms with van der Waals surface area (Å²) in [7, 11) is 0. The number of hydrogen-bond acceptors (Lipinski definition) is 7. The summed E-state index contributed by atoms with van der Waals surface area (Å²) in [6, 6.07) is 24.7. The summed E-state index contributed by atoms with van der Waals surface area (Å²) >= 11 is 1.62. The average Bonchev–Trinajstić information content (AvgIpc) is 3.26. The van der Waals surface area contributed by atoms with E-state index in [1.165, 1.54) is 10.8 Å². The van der Waals surface area contributed by atoms with Crippen molar-refractivity contribution < 1.29 is 0 Å². The van der Waals surface area contributed by atoms with Gasteiger partial charge in [-0.25, -0.2) is 14.6 Å². The average molecular weight is 454 g/mol. The van der Waals surface area contributed by atoms with E-state index in [0.29, 0.717) is 28.7 Å². The molecule has 1 N–H and O–H groups in total. The van der Waals surface area contributed by atoms with Crippen LogP contribution in [-0.4, -0.2) is 36.9 Å². The second-order valence-electron chi connectivity index (χ2n) is 7.58. The fraction of sp³-hybridized carbons (Fsp3) is 0.160. The van der Waals surface area contributed by atoms with E-state index in [1.807, 2.05) is 36.4 Å². The Morgan fingerprint density at radius 3 is 2.64 bits per heavy atom. The molecule has 0 aliphatic carbocycles. The van der Waals surface area contributed by atoms with Gasteiger partial charge in [-0.05, 0) is 34.4 Å². The monoisotopic (exact) mass is 453 g/mol. The molecular formula is C25H23N7S. The number of rotatable bonds is 8. The highest BCUT2D eigenvalue weighted by molar-refractivity contribution is 7.99. The first-order chi connectivity index (χ1) is 16.3. The molecule has 0 aliphatic heterocycles. The van der Waals surface area contributed by atoms with Crippen molar-refractivity contribution >= 4 is 45.7 Å². The SMILES string of the molecule is CCCSc1nc(N/N=C/c2ccc3ccccc3c2)c2nnn(Cc3ccccc3)c2n1. The molecule has 33 heavy (non-hydrogen) atoms. The van der Waals surface area contributed by atoms with Crippen molar-refractivity contribution in [3.05, 3.63) is 83.9 Å². The van der Waals surface area contributed by atoms with Crippen LogP contribution in [0.5, 0.6) is 0 Å². The first kappa shape index (κ1) is 21.1. The van der Waals surface area contributed by atoms with Crippen LogP contribution in [0.1, 0.15) is 24.5 Å². The standard InChI is InChI=1S/C25H23N7S/c1-2-14-33-25-27-23(30-26-16-19-12-13-20-10-6-7-11-21(20)15-19)22-24(28-25)32(31-29-22)17-18-8-4-3-5-9-18/h3-13,15-16H,2,14,17H2,1H3,(H,27,28,30)/b26-16+. The van der Waals surface area contributed by atoms with Crippen molar-refractivity contribution in [1.29, 1.82) is 0 Å². The van der Waals surface area contributed by atoms with Crippen LogP contribution in [-0.2, 0) is 6.54 Å². The second-order valence-corrected chi connectivity index (χ2v) is 8.65. The normalized spacial score (nSPS) is 11.5. The minimum absolute atomic E-state index is 0.551. The molecule has 0 atom stereocenters. The van der Waals surface area contributed by atoms with Gasteiger partial charge in [-0.1, -0.05) is 90.6 Å². The third-order valence-corrected chi connectivity index (χ3v) is 6.16. The van der Waals surface area contributed by atoms with Crippen LogP contribution < -0.4 is 5.43 Å². The molecule has 0 amide bonds. The van der Waals surface area contributed by atoms with E-state index in [-0.39, 0.29) is 0 Å². The lowest BCUT2D eigenvalue weighted by Crippen LogP contribution is -2.04. The van der Waals surface area contributed by atoms with Gasteiger partial charge in [0.2, 0.25) is 0 Å². The van der Waals surface area contributed by atoms with E-state index >= 15 is 0 Å². The second kappa shape index (κ2) is 9.79. The van der Waals surface area contributed by atoms with E-state index < -0.39 is 0 Å². The Morgan fingerprint density at radius 2 is 1.79 bits per heavy atom. The van der Waals surface area contributed by atoms with Crippen molar-refractivity contribution in [3.63, 3.8) is 0 Å². The van der Waals surface area contributed by atoms with Crippen LogP contribution in [0.4, 0.5) is 5.82 Å². The zero-order valence-electron chi connectivity index (χ0n) is 18.2. The van der Waals surface area contributed by atoms with Crippen LogP contribution >= 0.6 is 11.8 Å². The molecule has 0 aliphatic rings. The summed E-state index contributed by atoms with van der Waals surface area (Å²) in [6.45, 7) is 2.73. The number of nitrogens with zero attached hydrogens (tertiary/aromatic N) is 6. The van der Waals surface area contributed by atoms with Gasteiger partial charge < -0.3 is 0 Å². The molecule has 5 rings (SSSR count). The number of hydrogen-bond donors (Lipinski definition) is 1. The summed E-state index contributed by atoms with van der Waals surface area (Å²) < 4.78 is 1.81. The van der Waals surface area contributed by atoms with Gasteiger partial charge in [0.05, 0.1) is 12.8 Å². The van der Waals surface area contributed by atoms with Gasteiger partial charge in [0.15, 0.2) is 22.1 Å². The molecule has 2 heterocycles. The number of thioether (sulfide) groups is 1. The van der Waals surface area contributed by atoms with E-state index in [2.05, 4.69) is 69.1 Å². The molecule has 164 valence electrons. The lowest BCUT2D eigenvalue weighted by Gasteiger charge is -2.06. The molecule has 8 heteroatoms. The third kappa shape index (κ3) is 4.85. The molecule has 0 fully saturated rings. The zero-order valence-corrected chi connectivity index (χ0v) is 19.0. The van der Waals surface area contributed by atoms with Gasteiger partial charge in [-0.15, -0.1) is 5.10 Å². The van der Waals surface area contributed by atoms with Crippen LogP contribution in [0.3, 0.4) is 0 Å². The van der Waals surface area contributed by atoms with Crippen molar-refractivity contribution in [2.45, 2.75) is 25.0 Å². The van der Waals surface area contributed by atoms with Crippen LogP contribution in [0.25, 0.3) is 21.9 Å². The molecule has 0 saturated heterocycles. The first-order valence-corrected chi connectivity index (χ1v) is 11.8. The lowest BCUT2D eigenvalue weighted by molar-refractivity contribution is 0.661. The maximum atomic E-state index is 4.73. The van der Waals surface area contributed by atoms with Gasteiger partial charge in [-0.2, -0.15) is 5.10 Å². The Morgan fingerprint density at radius 1 is 0.970 bits per heavy atom. The quantitative estimate of drug-likeness (QED) is 0.147. The number of benzene rings is 3. The summed E-state index contributed by atoms with van der Waals surface area (Å²) in [5.74, 6) is 1.49. The minimum atomic E-state index is 0.551. The summed E-state index contributed by atoms with van der Waals surface area (Å²) in [5.41, 5.74) is 6.49. The predicted molar refractivity (Wildman–Crippen MR) is 135 cm³/mol. The smallest absolute Gasteiger partial charge is 0.191 e. The van der Waals surface area contributed by atoms with Gasteiger partial charge >= 0.3 is 0 Å². The predicted octanol–water partition coefficient (Wildman–Crippen LogP) is 5.37. The Labute approximate surface area is 196 Å². The van der Waals surface area contributed by atoms with E-state index in [9.17, 15) is 0 Å². The van der Waals surface area contributed by atoms with Crippen LogP contribution in [0.2, 0.25) is 0 Å². The van der Waals surface area contributed by atoms with Crippen molar-refractivity contribution in [2.24, 2.45) is 5.10 Å². The van der Waals surface area contributed by atoms with E-state index in [4.69, 9.17) is 4.98 Å². The number of fused-ring (bicyclic) bond motifs is 2. The maximum absolute atomic E-state index is 4.73. The molecule has 3 aromatic carbocycles. The molecular weight excluding hydrogens is 430 g/mol. The van der Waals surface area contributed by atoms with E-state index in [1.54, 1.807) is 22.7 Å². The van der Waals surface area contributed by atoms with Crippen molar-refractivity contribution in [2.75, 3.05) is 11.2 Å². The molecule has 0 spiro atoms. The highest BCUT2D eigenvalue weighted by atomic mass is 32.2. The summed E-state index contributed by atoms with van der Waals surface area (Å²) in [6.07, 6.45) is 2.82. The van der Waals surface area contributed by atoms with Crippen LogP contribution in [0, 0.1) is 0 Å². The lowest BCUT2D eigenvalue weighted by atomic mass is 10.1. The Bertz CT molecular complexity index is 1410. The number of anilines is 1. The van der Waals surface area contributed by atoms with E-state index in [0.717, 1.165) is 23.3 Å². The van der Waals surface area contributed by atoms with Crippen molar-refractivity contribution in [1.82, 2.24) is 25.0 Å². The molecule has 0 bridgehead atoms. The summed E-state index contributed by atoms with van der Waals surface area (Å²) in [5, 5.41) is 16.2. The third-order valence-electron chi connectivity index (χ3n) is 5.11. The van der Waals surface area contributed by atoms with Gasteiger partial charge in [-0.3, -0.25) is 5.43 Å². The highest BCUT2D eigenvalue weighted by Crippen LogP contribution is 2.24. The molecule has 0 radical (unpaired) electrons. The Balaban J connectivity index is 1.44. The zero-order chi connectivity index (χ0) is 22.5. The largest absolute Gasteiger partial charge is 0.259 e. The van der Waals surface area contributed by atoms with Gasteiger partial charge in [0, 0.05) is 5.75 Å². The summed E-state index contributed by atoms with van der Waals surface area (Å²) in [4.78, 5) is 9.38.